The van der Waals surface area contributed by atoms with Crippen LogP contribution in [0.25, 0.3) is 11.6 Å². The van der Waals surface area contributed by atoms with Gasteiger partial charge in [0.05, 0.1) is 29.4 Å². The summed E-state index contributed by atoms with van der Waals surface area (Å²) in [6.07, 6.45) is 11.7. The van der Waals surface area contributed by atoms with E-state index in [1.807, 2.05) is 25.8 Å². The number of anilines is 1. The van der Waals surface area contributed by atoms with Gasteiger partial charge in [0.15, 0.2) is 5.82 Å². The zero-order chi connectivity index (χ0) is 20.7. The first-order valence-electron chi connectivity index (χ1n) is 9.31. The average Bonchev–Trinajstić information content (AvgIpc) is 3.42. The summed E-state index contributed by atoms with van der Waals surface area (Å²) in [6, 6.07) is 1.96. The maximum atomic E-state index is 13.7. The summed E-state index contributed by atoms with van der Waals surface area (Å²) in [5.74, 6) is 0.257. The van der Waals surface area contributed by atoms with Gasteiger partial charge in [0, 0.05) is 17.3 Å². The Labute approximate surface area is 166 Å². The number of hydroxylamine groups is 1. The van der Waals surface area contributed by atoms with Crippen LogP contribution < -0.4 is 5.06 Å². The number of hydrogen-bond donors (Lipinski definition) is 1. The quantitative estimate of drug-likeness (QED) is 0.483. The largest absolute Gasteiger partial charge is 0.286 e. The summed E-state index contributed by atoms with van der Waals surface area (Å²) in [5.41, 5.74) is 1.43. The van der Waals surface area contributed by atoms with Gasteiger partial charge >= 0.3 is 0 Å². The van der Waals surface area contributed by atoms with Crippen molar-refractivity contribution in [3.8, 4) is 0 Å². The lowest BCUT2D eigenvalue weighted by Crippen LogP contribution is -2.36. The van der Waals surface area contributed by atoms with Gasteiger partial charge in [-0.15, -0.1) is 0 Å². The van der Waals surface area contributed by atoms with E-state index in [1.165, 1.54) is 13.0 Å². The lowest BCUT2D eigenvalue weighted by atomic mass is 10.1. The number of aromatic amines is 1. The maximum absolute atomic E-state index is 13.7. The van der Waals surface area contributed by atoms with Gasteiger partial charge in [0.25, 0.3) is 0 Å². The molecule has 0 aliphatic heterocycles. The molecule has 1 aliphatic carbocycles. The van der Waals surface area contributed by atoms with Crippen molar-refractivity contribution < 1.29 is 9.23 Å². The van der Waals surface area contributed by atoms with E-state index < -0.39 is 5.60 Å². The molecule has 1 fully saturated rings. The van der Waals surface area contributed by atoms with Crippen molar-refractivity contribution in [2.24, 2.45) is 0 Å². The fourth-order valence-electron chi connectivity index (χ4n) is 2.46. The van der Waals surface area contributed by atoms with Crippen LogP contribution >= 0.6 is 0 Å². The molecule has 5 nitrogen and oxygen atoms in total. The van der Waals surface area contributed by atoms with Crippen LogP contribution in [-0.2, 0) is 4.84 Å². The van der Waals surface area contributed by atoms with E-state index in [4.69, 9.17) is 9.82 Å². The Kier molecular flexibility index (Phi) is 7.29. The van der Waals surface area contributed by atoms with Gasteiger partial charge in [0.2, 0.25) is 0 Å². The van der Waals surface area contributed by atoms with Crippen LogP contribution in [0, 0.1) is 0 Å². The molecule has 150 valence electrons. The number of hydrogen-bond acceptors (Lipinski definition) is 4. The van der Waals surface area contributed by atoms with Crippen molar-refractivity contribution in [1.82, 2.24) is 15.2 Å². The minimum Gasteiger partial charge on any atom is -0.286 e. The van der Waals surface area contributed by atoms with Crippen LogP contribution in [0.1, 0.15) is 51.8 Å². The lowest BCUT2D eigenvalue weighted by molar-refractivity contribution is -0.0250. The van der Waals surface area contributed by atoms with Gasteiger partial charge in [0.1, 0.15) is 0 Å². The Morgan fingerprint density at radius 2 is 2.07 bits per heavy atom. The standard InChI is InChI=1S/C22H29FN4O/c1-7-9-18(14-16(3)23)20-12-13-24-25-15-17(8-2)21(26-20)27(19-10-11-19)28-22(4,5)6/h7-9,12-15,19,24H,1-2,10-11H2,3-6H3/b13-12?,16-14+,18-9+,21-17?,25-15?,26-20?. The number of rotatable bonds is 7. The number of H-pyrrole nitrogens is 1. The third-order valence-corrected chi connectivity index (χ3v) is 3.71. The number of nitrogens with one attached hydrogen (secondary N) is 1. The molecule has 0 saturated heterocycles. The average molecular weight is 384 g/mol. The van der Waals surface area contributed by atoms with Gasteiger partial charge in [-0.3, -0.25) is 9.94 Å². The Bertz CT molecular complexity index is 823. The van der Waals surface area contributed by atoms with Crippen LogP contribution in [0.5, 0.6) is 0 Å². The molecule has 6 heteroatoms. The molecule has 0 radical (unpaired) electrons. The molecule has 0 bridgehead atoms. The van der Waals surface area contributed by atoms with Crippen LogP contribution in [0.4, 0.5) is 10.2 Å². The third-order valence-electron chi connectivity index (χ3n) is 3.71. The van der Waals surface area contributed by atoms with Gasteiger partial charge in [-0.05, 0) is 52.7 Å². The highest BCUT2D eigenvalue weighted by Crippen LogP contribution is 2.35. The summed E-state index contributed by atoms with van der Waals surface area (Å²) >= 11 is 0. The third kappa shape index (κ3) is 6.46. The summed E-state index contributed by atoms with van der Waals surface area (Å²) < 4.78 is 13.7. The zero-order valence-electron chi connectivity index (χ0n) is 17.1. The van der Waals surface area contributed by atoms with Gasteiger partial charge in [-0.25, -0.2) is 14.4 Å². The van der Waals surface area contributed by atoms with Gasteiger partial charge in [-0.1, -0.05) is 31.4 Å². The zero-order valence-corrected chi connectivity index (χ0v) is 17.1. The maximum Gasteiger partial charge on any atom is 0.162 e. The van der Waals surface area contributed by atoms with Crippen molar-refractivity contribution in [3.63, 3.8) is 0 Å². The minimum absolute atomic E-state index is 0.227. The van der Waals surface area contributed by atoms with E-state index in [0.29, 0.717) is 22.6 Å². The van der Waals surface area contributed by atoms with Crippen molar-refractivity contribution in [3.05, 3.63) is 66.9 Å². The normalized spacial score (nSPS) is 15.0. The molecule has 1 heterocycles. The molecule has 1 aromatic rings. The van der Waals surface area contributed by atoms with E-state index in [9.17, 15) is 4.39 Å². The van der Waals surface area contributed by atoms with Crippen LogP contribution in [-0.4, -0.2) is 26.8 Å². The first kappa shape index (κ1) is 21.6. The molecule has 0 atom stereocenters. The van der Waals surface area contributed by atoms with E-state index in [0.717, 1.165) is 12.8 Å². The van der Waals surface area contributed by atoms with Crippen LogP contribution in [0.3, 0.4) is 0 Å². The molecule has 0 amide bonds. The van der Waals surface area contributed by atoms with E-state index >= 15 is 0 Å². The highest BCUT2D eigenvalue weighted by Gasteiger charge is 2.35. The van der Waals surface area contributed by atoms with Crippen molar-refractivity contribution in [2.75, 3.05) is 5.06 Å². The molecular formula is C22H29FN4O. The number of nitrogens with zero attached hydrogens (tertiary/aromatic N) is 3. The van der Waals surface area contributed by atoms with Gasteiger partial charge in [-0.2, -0.15) is 5.10 Å². The molecule has 0 unspecified atom stereocenters. The summed E-state index contributed by atoms with van der Waals surface area (Å²) in [4.78, 5) is 11.1. The minimum atomic E-state index is -0.406. The van der Waals surface area contributed by atoms with Crippen molar-refractivity contribution in [1.29, 1.82) is 0 Å². The Morgan fingerprint density at radius 1 is 1.36 bits per heavy atom. The smallest absolute Gasteiger partial charge is 0.162 e. The van der Waals surface area contributed by atoms with E-state index in [-0.39, 0.29) is 11.9 Å². The number of halogens is 1. The van der Waals surface area contributed by atoms with E-state index in [1.54, 1.807) is 36.7 Å². The molecule has 0 aromatic carbocycles. The van der Waals surface area contributed by atoms with Crippen LogP contribution in [0.2, 0.25) is 0 Å². The molecule has 1 N–H and O–H groups in total. The van der Waals surface area contributed by atoms with E-state index in [2.05, 4.69) is 23.4 Å². The molecular weight excluding hydrogens is 355 g/mol. The fraction of sp³-hybridized carbons (Fsp3) is 0.364. The summed E-state index contributed by atoms with van der Waals surface area (Å²) in [7, 11) is 0. The molecule has 1 saturated carbocycles. The Hall–Kier alpha value is -2.73. The van der Waals surface area contributed by atoms with Crippen LogP contribution in [0.15, 0.2) is 55.7 Å². The first-order valence-corrected chi connectivity index (χ1v) is 9.31. The number of allylic oxidation sites excluding steroid dienone is 5. The predicted molar refractivity (Wildman–Crippen MR) is 113 cm³/mol. The molecule has 2 rings (SSSR count). The fourth-order valence-corrected chi connectivity index (χ4v) is 2.46. The predicted octanol–water partition coefficient (Wildman–Crippen LogP) is 5.71. The Balaban J connectivity index is 2.76. The Morgan fingerprint density at radius 3 is 2.61 bits per heavy atom. The second-order valence-corrected chi connectivity index (χ2v) is 7.55. The molecule has 0 spiro atoms. The lowest BCUT2D eigenvalue weighted by Gasteiger charge is -2.31. The summed E-state index contributed by atoms with van der Waals surface area (Å²) in [5, 5.41) is 8.83. The first-order chi connectivity index (χ1) is 13.2. The topological polar surface area (TPSA) is 54.0 Å². The molecule has 1 aliphatic rings. The molecule has 28 heavy (non-hydrogen) atoms. The second-order valence-electron chi connectivity index (χ2n) is 7.55. The highest BCUT2D eigenvalue weighted by atomic mass is 19.1. The monoisotopic (exact) mass is 384 g/mol. The second kappa shape index (κ2) is 9.46. The SMILES string of the molecule is C=C/C=C(\C=C(/C)F)c1cc[nH]ncc(C=C)c(N(OC(C)(C)C)C2CC2)n1. The summed E-state index contributed by atoms with van der Waals surface area (Å²) in [6.45, 7) is 15.0. The van der Waals surface area contributed by atoms with Crippen molar-refractivity contribution >= 4 is 17.5 Å². The molecule has 1 aromatic heterocycles. The van der Waals surface area contributed by atoms with Gasteiger partial charge < -0.3 is 0 Å². The highest BCUT2D eigenvalue weighted by molar-refractivity contribution is 5.74. The number of aromatic nitrogens is 3. The van der Waals surface area contributed by atoms with Crippen molar-refractivity contribution in [2.45, 2.75) is 52.2 Å².